The summed E-state index contributed by atoms with van der Waals surface area (Å²) < 4.78 is 0. The quantitative estimate of drug-likeness (QED) is 0.757. The SMILES string of the molecule is Cc1ccc(C(=O)Nc2cc(C(=O)O)ccc2O)c(C)c1. The van der Waals surface area contributed by atoms with E-state index >= 15 is 0 Å². The Morgan fingerprint density at radius 3 is 2.38 bits per heavy atom. The molecule has 0 spiro atoms. The van der Waals surface area contributed by atoms with E-state index in [1.54, 1.807) is 6.07 Å². The molecule has 5 nitrogen and oxygen atoms in total. The molecule has 0 heterocycles. The maximum Gasteiger partial charge on any atom is 0.335 e. The van der Waals surface area contributed by atoms with E-state index in [0.29, 0.717) is 5.56 Å². The molecule has 0 fully saturated rings. The molecule has 2 aromatic rings. The standard InChI is InChI=1S/C16H15NO4/c1-9-3-5-12(10(2)7-9)15(19)17-13-8-11(16(20)21)4-6-14(13)18/h3-8,18H,1-2H3,(H,17,19)(H,20,21). The van der Waals surface area contributed by atoms with Crippen LogP contribution in [0.5, 0.6) is 5.75 Å². The van der Waals surface area contributed by atoms with Gasteiger partial charge in [0.05, 0.1) is 11.3 Å². The highest BCUT2D eigenvalue weighted by molar-refractivity contribution is 6.06. The lowest BCUT2D eigenvalue weighted by atomic mass is 10.0. The second-order valence-electron chi connectivity index (χ2n) is 4.81. The number of aryl methyl sites for hydroxylation is 2. The second kappa shape index (κ2) is 5.66. The number of carbonyl (C=O) groups excluding carboxylic acids is 1. The topological polar surface area (TPSA) is 86.6 Å². The first-order valence-electron chi connectivity index (χ1n) is 6.33. The Balaban J connectivity index is 2.31. The predicted molar refractivity (Wildman–Crippen MR) is 78.9 cm³/mol. The average molecular weight is 285 g/mol. The van der Waals surface area contributed by atoms with Crippen LogP contribution in [-0.4, -0.2) is 22.1 Å². The van der Waals surface area contributed by atoms with E-state index in [-0.39, 0.29) is 17.0 Å². The Labute approximate surface area is 121 Å². The number of aromatic carboxylic acids is 1. The highest BCUT2D eigenvalue weighted by Crippen LogP contribution is 2.25. The normalized spacial score (nSPS) is 10.2. The number of carbonyl (C=O) groups is 2. The number of phenolic OH excluding ortho intramolecular Hbond substituents is 1. The van der Waals surface area contributed by atoms with E-state index in [4.69, 9.17) is 5.11 Å². The summed E-state index contributed by atoms with van der Waals surface area (Å²) in [7, 11) is 0. The molecule has 0 atom stereocenters. The van der Waals surface area contributed by atoms with Crippen LogP contribution in [0.3, 0.4) is 0 Å². The van der Waals surface area contributed by atoms with E-state index in [1.165, 1.54) is 18.2 Å². The van der Waals surface area contributed by atoms with Crippen LogP contribution in [0.4, 0.5) is 5.69 Å². The molecule has 0 unspecified atom stereocenters. The molecule has 0 aromatic heterocycles. The molecule has 5 heteroatoms. The molecule has 0 saturated carbocycles. The highest BCUT2D eigenvalue weighted by Gasteiger charge is 2.13. The molecule has 2 aromatic carbocycles. The number of anilines is 1. The van der Waals surface area contributed by atoms with Crippen molar-refractivity contribution < 1.29 is 19.8 Å². The van der Waals surface area contributed by atoms with Crippen molar-refractivity contribution in [3.63, 3.8) is 0 Å². The second-order valence-corrected chi connectivity index (χ2v) is 4.81. The zero-order valence-electron chi connectivity index (χ0n) is 11.7. The third-order valence-electron chi connectivity index (χ3n) is 3.12. The van der Waals surface area contributed by atoms with Crippen LogP contribution in [0, 0.1) is 13.8 Å². The molecule has 0 bridgehead atoms. The van der Waals surface area contributed by atoms with Gasteiger partial charge in [0, 0.05) is 5.56 Å². The number of phenols is 1. The molecule has 0 aliphatic carbocycles. The van der Waals surface area contributed by atoms with Crippen LogP contribution in [0.2, 0.25) is 0 Å². The Kier molecular flexibility index (Phi) is 3.93. The molecule has 0 radical (unpaired) electrons. The number of amides is 1. The van der Waals surface area contributed by atoms with Gasteiger partial charge in [0.15, 0.2) is 0 Å². The van der Waals surface area contributed by atoms with Crippen molar-refractivity contribution in [2.24, 2.45) is 0 Å². The molecule has 21 heavy (non-hydrogen) atoms. The van der Waals surface area contributed by atoms with Crippen LogP contribution >= 0.6 is 0 Å². The maximum absolute atomic E-state index is 12.2. The summed E-state index contributed by atoms with van der Waals surface area (Å²) in [5.41, 5.74) is 2.38. The third kappa shape index (κ3) is 3.20. The zero-order valence-corrected chi connectivity index (χ0v) is 11.7. The molecule has 0 aliphatic rings. The van der Waals surface area contributed by atoms with Gasteiger partial charge in [-0.3, -0.25) is 4.79 Å². The van der Waals surface area contributed by atoms with Crippen molar-refractivity contribution in [2.75, 3.05) is 5.32 Å². The van der Waals surface area contributed by atoms with Crippen molar-refractivity contribution in [1.29, 1.82) is 0 Å². The number of carboxylic acid groups (broad SMARTS) is 1. The van der Waals surface area contributed by atoms with Gasteiger partial charge >= 0.3 is 5.97 Å². The van der Waals surface area contributed by atoms with Crippen LogP contribution in [-0.2, 0) is 0 Å². The highest BCUT2D eigenvalue weighted by atomic mass is 16.4. The Morgan fingerprint density at radius 2 is 1.76 bits per heavy atom. The van der Waals surface area contributed by atoms with Crippen LogP contribution in [0.15, 0.2) is 36.4 Å². The minimum Gasteiger partial charge on any atom is -0.506 e. The average Bonchev–Trinajstić information content (AvgIpc) is 2.40. The number of nitrogens with one attached hydrogen (secondary N) is 1. The lowest BCUT2D eigenvalue weighted by Crippen LogP contribution is -2.14. The molecule has 0 saturated heterocycles. The smallest absolute Gasteiger partial charge is 0.335 e. The fraction of sp³-hybridized carbons (Fsp3) is 0.125. The summed E-state index contributed by atoms with van der Waals surface area (Å²) in [6, 6.07) is 9.11. The molecule has 108 valence electrons. The largest absolute Gasteiger partial charge is 0.506 e. The predicted octanol–water partition coefficient (Wildman–Crippen LogP) is 2.96. The lowest BCUT2D eigenvalue weighted by Gasteiger charge is -2.10. The van der Waals surface area contributed by atoms with Gasteiger partial charge in [0.1, 0.15) is 5.75 Å². The molecule has 0 aliphatic heterocycles. The van der Waals surface area contributed by atoms with Gasteiger partial charge in [-0.1, -0.05) is 17.7 Å². The van der Waals surface area contributed by atoms with Crippen molar-refractivity contribution in [2.45, 2.75) is 13.8 Å². The number of carboxylic acids is 1. The Hall–Kier alpha value is -2.82. The van der Waals surface area contributed by atoms with Gasteiger partial charge in [0.25, 0.3) is 5.91 Å². The molecule has 2 rings (SSSR count). The van der Waals surface area contributed by atoms with Gasteiger partial charge in [-0.25, -0.2) is 4.79 Å². The molecular formula is C16H15NO4. The van der Waals surface area contributed by atoms with E-state index in [2.05, 4.69) is 5.32 Å². The summed E-state index contributed by atoms with van der Waals surface area (Å²) in [6.07, 6.45) is 0. The number of hydrogen-bond acceptors (Lipinski definition) is 3. The summed E-state index contributed by atoms with van der Waals surface area (Å²) in [5, 5.41) is 21.2. The number of benzene rings is 2. The monoisotopic (exact) mass is 285 g/mol. The van der Waals surface area contributed by atoms with Gasteiger partial charge in [-0.05, 0) is 43.7 Å². The van der Waals surface area contributed by atoms with Crippen LogP contribution in [0.1, 0.15) is 31.8 Å². The van der Waals surface area contributed by atoms with Crippen molar-refractivity contribution in [3.8, 4) is 5.75 Å². The minimum absolute atomic E-state index is 0.0104. The minimum atomic E-state index is -1.13. The molecular weight excluding hydrogens is 270 g/mol. The first-order valence-corrected chi connectivity index (χ1v) is 6.33. The van der Waals surface area contributed by atoms with E-state index in [0.717, 1.165) is 11.1 Å². The Morgan fingerprint density at radius 1 is 1.05 bits per heavy atom. The summed E-state index contributed by atoms with van der Waals surface area (Å²) >= 11 is 0. The lowest BCUT2D eigenvalue weighted by molar-refractivity contribution is 0.0696. The molecule has 1 amide bonds. The zero-order chi connectivity index (χ0) is 15.6. The van der Waals surface area contributed by atoms with Crippen molar-refractivity contribution in [1.82, 2.24) is 0 Å². The summed E-state index contributed by atoms with van der Waals surface area (Å²) in [5.74, 6) is -1.71. The van der Waals surface area contributed by atoms with Crippen LogP contribution in [0.25, 0.3) is 0 Å². The Bertz CT molecular complexity index is 722. The van der Waals surface area contributed by atoms with Gasteiger partial charge < -0.3 is 15.5 Å². The fourth-order valence-electron chi connectivity index (χ4n) is 2.03. The summed E-state index contributed by atoms with van der Waals surface area (Å²) in [4.78, 5) is 23.1. The maximum atomic E-state index is 12.2. The van der Waals surface area contributed by atoms with Crippen LogP contribution < -0.4 is 5.32 Å². The first-order chi connectivity index (χ1) is 9.88. The number of aromatic hydroxyl groups is 1. The van der Waals surface area contributed by atoms with E-state index in [1.807, 2.05) is 26.0 Å². The van der Waals surface area contributed by atoms with Gasteiger partial charge in [0.2, 0.25) is 0 Å². The number of rotatable bonds is 3. The number of hydrogen-bond donors (Lipinski definition) is 3. The first kappa shape index (κ1) is 14.6. The third-order valence-corrected chi connectivity index (χ3v) is 3.12. The van der Waals surface area contributed by atoms with Crippen molar-refractivity contribution >= 4 is 17.6 Å². The summed E-state index contributed by atoms with van der Waals surface area (Å²) in [6.45, 7) is 3.74. The van der Waals surface area contributed by atoms with Crippen molar-refractivity contribution in [3.05, 3.63) is 58.7 Å². The van der Waals surface area contributed by atoms with Gasteiger partial charge in [-0.15, -0.1) is 0 Å². The molecule has 3 N–H and O–H groups in total. The fourth-order valence-corrected chi connectivity index (χ4v) is 2.03. The van der Waals surface area contributed by atoms with Gasteiger partial charge in [-0.2, -0.15) is 0 Å². The van der Waals surface area contributed by atoms with E-state index < -0.39 is 11.9 Å². The van der Waals surface area contributed by atoms with E-state index in [9.17, 15) is 14.7 Å².